The minimum absolute atomic E-state index is 0.192. The summed E-state index contributed by atoms with van der Waals surface area (Å²) in [6, 6.07) is 7.74. The highest BCUT2D eigenvalue weighted by Gasteiger charge is 2.07. The molecule has 0 unspecified atom stereocenters. The molecule has 0 saturated heterocycles. The fourth-order valence-corrected chi connectivity index (χ4v) is 1.78. The Hall–Kier alpha value is -1.37. The molecule has 88 valence electrons. The molecule has 1 N–H and O–H groups in total. The van der Waals surface area contributed by atoms with E-state index in [4.69, 9.17) is 4.74 Å². The molecule has 0 atom stereocenters. The number of aromatic amines is 1. The van der Waals surface area contributed by atoms with Crippen LogP contribution in [0.25, 0.3) is 0 Å². The van der Waals surface area contributed by atoms with Crippen LogP contribution in [0.2, 0.25) is 0 Å². The first-order valence-corrected chi connectivity index (χ1v) is 6.28. The maximum Gasteiger partial charge on any atom is 0.268 e. The molecule has 0 spiro atoms. The van der Waals surface area contributed by atoms with E-state index < -0.39 is 0 Å². The molecule has 0 amide bonds. The number of hydrogen-bond donors (Lipinski definition) is 1. The summed E-state index contributed by atoms with van der Waals surface area (Å²) in [5, 5.41) is 0. The van der Waals surface area contributed by atoms with E-state index >= 15 is 0 Å². The highest BCUT2D eigenvalue weighted by Crippen LogP contribution is 2.22. The van der Waals surface area contributed by atoms with Gasteiger partial charge >= 0.3 is 0 Å². The predicted octanol–water partition coefficient (Wildman–Crippen LogP) is 2.73. The topological polar surface area (TPSA) is 55.0 Å². The van der Waals surface area contributed by atoms with E-state index in [0.717, 1.165) is 6.42 Å². The van der Waals surface area contributed by atoms with Crippen LogP contribution in [0.4, 0.5) is 0 Å². The number of rotatable bonds is 3. The molecule has 0 radical (unpaired) electrons. The van der Waals surface area contributed by atoms with Crippen molar-refractivity contribution < 1.29 is 4.74 Å². The Labute approximate surface area is 112 Å². The number of aryl methyl sites for hydroxylation is 1. The van der Waals surface area contributed by atoms with Gasteiger partial charge in [0.1, 0.15) is 9.32 Å². The smallest absolute Gasteiger partial charge is 0.268 e. The van der Waals surface area contributed by atoms with Gasteiger partial charge in [-0.15, -0.1) is 0 Å². The van der Waals surface area contributed by atoms with Crippen molar-refractivity contribution in [2.75, 3.05) is 0 Å². The maximum absolute atomic E-state index is 11.4. The highest BCUT2D eigenvalue weighted by atomic mass is 127. The summed E-state index contributed by atoms with van der Waals surface area (Å²) in [5.74, 6) is 1.03. The predicted molar refractivity (Wildman–Crippen MR) is 73.5 cm³/mol. The molecule has 0 saturated carbocycles. The molecular formula is C12H11IN2O2. The van der Waals surface area contributed by atoms with Gasteiger partial charge in [0.2, 0.25) is 5.88 Å². The standard InChI is InChI=1S/C12H11IN2O2/c1-2-8-4-3-5-9(6-8)17-12-10(13)11(16)14-7-15-12/h3-7H,2H2,1H3,(H,14,15,16). The Bertz CT molecular complexity index is 581. The van der Waals surface area contributed by atoms with Crippen molar-refractivity contribution in [3.05, 3.63) is 50.1 Å². The number of nitrogens with zero attached hydrogens (tertiary/aromatic N) is 1. The second-order valence-corrected chi connectivity index (χ2v) is 4.53. The molecule has 4 nitrogen and oxygen atoms in total. The molecule has 0 aliphatic carbocycles. The van der Waals surface area contributed by atoms with Crippen LogP contribution in [0.5, 0.6) is 11.6 Å². The summed E-state index contributed by atoms with van der Waals surface area (Å²) in [7, 11) is 0. The van der Waals surface area contributed by atoms with Crippen molar-refractivity contribution >= 4 is 22.6 Å². The number of benzene rings is 1. The van der Waals surface area contributed by atoms with Crippen molar-refractivity contribution in [3.8, 4) is 11.6 Å². The third kappa shape index (κ3) is 2.85. The quantitative estimate of drug-likeness (QED) is 0.873. The van der Waals surface area contributed by atoms with Gasteiger partial charge in [-0.25, -0.2) is 4.98 Å². The van der Waals surface area contributed by atoms with Crippen molar-refractivity contribution in [2.45, 2.75) is 13.3 Å². The molecule has 17 heavy (non-hydrogen) atoms. The summed E-state index contributed by atoms with van der Waals surface area (Å²) >= 11 is 1.92. The Kier molecular flexibility index (Phi) is 3.78. The number of halogens is 1. The lowest BCUT2D eigenvalue weighted by atomic mass is 10.2. The molecule has 0 fully saturated rings. The van der Waals surface area contributed by atoms with Gasteiger partial charge in [-0.1, -0.05) is 19.1 Å². The minimum atomic E-state index is -0.192. The van der Waals surface area contributed by atoms with E-state index in [2.05, 4.69) is 16.9 Å². The summed E-state index contributed by atoms with van der Waals surface area (Å²) in [6.45, 7) is 2.08. The van der Waals surface area contributed by atoms with Gasteiger partial charge in [-0.3, -0.25) is 4.79 Å². The van der Waals surface area contributed by atoms with Crippen LogP contribution >= 0.6 is 22.6 Å². The van der Waals surface area contributed by atoms with Gasteiger partial charge in [0, 0.05) is 0 Å². The largest absolute Gasteiger partial charge is 0.438 e. The van der Waals surface area contributed by atoms with Crippen LogP contribution in [0.15, 0.2) is 35.4 Å². The molecular weight excluding hydrogens is 331 g/mol. The van der Waals surface area contributed by atoms with Gasteiger partial charge in [0.05, 0.1) is 6.33 Å². The molecule has 2 aromatic rings. The van der Waals surface area contributed by atoms with E-state index in [9.17, 15) is 4.79 Å². The average Bonchev–Trinajstić information content (AvgIpc) is 2.35. The minimum Gasteiger partial charge on any atom is -0.438 e. The van der Waals surface area contributed by atoms with Crippen molar-refractivity contribution in [1.82, 2.24) is 9.97 Å². The molecule has 5 heteroatoms. The highest BCUT2D eigenvalue weighted by molar-refractivity contribution is 14.1. The van der Waals surface area contributed by atoms with Crippen LogP contribution in [-0.2, 0) is 6.42 Å². The van der Waals surface area contributed by atoms with E-state index in [0.29, 0.717) is 15.2 Å². The van der Waals surface area contributed by atoms with Gasteiger partial charge < -0.3 is 9.72 Å². The monoisotopic (exact) mass is 342 g/mol. The van der Waals surface area contributed by atoms with Crippen molar-refractivity contribution in [3.63, 3.8) is 0 Å². The Morgan fingerprint density at radius 1 is 1.47 bits per heavy atom. The van der Waals surface area contributed by atoms with Crippen LogP contribution < -0.4 is 10.3 Å². The third-order valence-corrected chi connectivity index (χ3v) is 3.24. The first-order valence-electron chi connectivity index (χ1n) is 5.20. The van der Waals surface area contributed by atoms with Gasteiger partial charge in [-0.05, 0) is 46.7 Å². The van der Waals surface area contributed by atoms with Crippen molar-refractivity contribution in [1.29, 1.82) is 0 Å². The number of H-pyrrole nitrogens is 1. The van der Waals surface area contributed by atoms with Crippen LogP contribution in [0.1, 0.15) is 12.5 Å². The second-order valence-electron chi connectivity index (χ2n) is 3.45. The summed E-state index contributed by atoms with van der Waals surface area (Å²) < 4.78 is 6.04. The fraction of sp³-hybridized carbons (Fsp3) is 0.167. The van der Waals surface area contributed by atoms with E-state index in [1.54, 1.807) is 0 Å². The zero-order chi connectivity index (χ0) is 12.3. The first kappa shape index (κ1) is 12.1. The Morgan fingerprint density at radius 3 is 3.06 bits per heavy atom. The van der Waals surface area contributed by atoms with Crippen LogP contribution in [0.3, 0.4) is 0 Å². The third-order valence-electron chi connectivity index (χ3n) is 2.29. The molecule has 0 aliphatic heterocycles. The van der Waals surface area contributed by atoms with E-state index in [1.807, 2.05) is 46.9 Å². The van der Waals surface area contributed by atoms with Gasteiger partial charge in [0.25, 0.3) is 5.56 Å². The number of aromatic nitrogens is 2. The molecule has 0 aliphatic rings. The average molecular weight is 342 g/mol. The number of hydrogen-bond acceptors (Lipinski definition) is 3. The lowest BCUT2D eigenvalue weighted by Gasteiger charge is -2.06. The second kappa shape index (κ2) is 5.31. The van der Waals surface area contributed by atoms with Crippen LogP contribution in [-0.4, -0.2) is 9.97 Å². The molecule has 0 bridgehead atoms. The van der Waals surface area contributed by atoms with E-state index in [1.165, 1.54) is 11.9 Å². The summed E-state index contributed by atoms with van der Waals surface area (Å²) in [4.78, 5) is 17.9. The van der Waals surface area contributed by atoms with Crippen LogP contribution in [0, 0.1) is 3.57 Å². The maximum atomic E-state index is 11.4. The van der Waals surface area contributed by atoms with Gasteiger partial charge in [0.15, 0.2) is 0 Å². The number of nitrogens with one attached hydrogen (secondary N) is 1. The zero-order valence-corrected chi connectivity index (χ0v) is 11.4. The summed E-state index contributed by atoms with van der Waals surface area (Å²) in [5.41, 5.74) is 0.990. The zero-order valence-electron chi connectivity index (χ0n) is 9.24. The van der Waals surface area contributed by atoms with E-state index in [-0.39, 0.29) is 5.56 Å². The Morgan fingerprint density at radius 2 is 2.29 bits per heavy atom. The lowest BCUT2D eigenvalue weighted by Crippen LogP contribution is -2.11. The molecule has 2 rings (SSSR count). The lowest BCUT2D eigenvalue weighted by molar-refractivity contribution is 0.456. The molecule has 1 aromatic heterocycles. The molecule has 1 heterocycles. The Balaban J connectivity index is 2.31. The normalized spacial score (nSPS) is 10.2. The SMILES string of the molecule is CCc1cccc(Oc2nc[nH]c(=O)c2I)c1. The first-order chi connectivity index (χ1) is 8.20. The van der Waals surface area contributed by atoms with Crippen molar-refractivity contribution in [2.24, 2.45) is 0 Å². The fourth-order valence-electron chi connectivity index (χ4n) is 1.38. The number of ether oxygens (including phenoxy) is 1. The summed E-state index contributed by atoms with van der Waals surface area (Å²) in [6.07, 6.45) is 2.28. The molecule has 1 aromatic carbocycles. The van der Waals surface area contributed by atoms with Gasteiger partial charge in [-0.2, -0.15) is 0 Å².